The average Bonchev–Trinajstić information content (AvgIpc) is 2.73. The summed E-state index contributed by atoms with van der Waals surface area (Å²) in [7, 11) is 0. The van der Waals surface area contributed by atoms with Crippen LogP contribution in [0.15, 0.2) is 12.1 Å². The lowest BCUT2D eigenvalue weighted by Gasteiger charge is -2.27. The lowest BCUT2D eigenvalue weighted by Crippen LogP contribution is -2.26. The van der Waals surface area contributed by atoms with Gasteiger partial charge in [-0.05, 0) is 31.9 Å². The first kappa shape index (κ1) is 13.7. The highest BCUT2D eigenvalue weighted by Crippen LogP contribution is 2.41. The molecule has 0 spiro atoms. The van der Waals surface area contributed by atoms with Crippen molar-refractivity contribution >= 4 is 34.7 Å². The monoisotopic (exact) mass is 291 g/mol. The largest absolute Gasteiger partial charge is 0.381 e. The van der Waals surface area contributed by atoms with Crippen molar-refractivity contribution in [3.8, 4) is 0 Å². The molecule has 2 rings (SSSR count). The second-order valence-electron chi connectivity index (χ2n) is 4.37. The second kappa shape index (κ2) is 6.43. The third kappa shape index (κ3) is 3.86. The van der Waals surface area contributed by atoms with Gasteiger partial charge in [0.25, 0.3) is 0 Å². The highest BCUT2D eigenvalue weighted by atomic mass is 35.5. The third-order valence-corrected chi connectivity index (χ3v) is 6.16. The minimum absolute atomic E-state index is 0.151. The van der Waals surface area contributed by atoms with Crippen LogP contribution in [-0.2, 0) is 4.74 Å². The Morgan fingerprint density at radius 2 is 2.18 bits per heavy atom. The third-order valence-electron chi connectivity index (χ3n) is 2.86. The zero-order valence-electron chi connectivity index (χ0n) is 9.90. The van der Waals surface area contributed by atoms with Crippen LogP contribution in [0.1, 0.15) is 29.9 Å². The first-order chi connectivity index (χ1) is 8.16. The number of rotatable bonds is 4. The van der Waals surface area contributed by atoms with E-state index >= 15 is 0 Å². The summed E-state index contributed by atoms with van der Waals surface area (Å²) in [6.45, 7) is 3.84. The number of nitrogens with two attached hydrogens (primary N) is 1. The van der Waals surface area contributed by atoms with Crippen molar-refractivity contribution in [2.75, 3.05) is 13.2 Å². The van der Waals surface area contributed by atoms with E-state index in [1.54, 1.807) is 11.3 Å². The summed E-state index contributed by atoms with van der Waals surface area (Å²) in [5.41, 5.74) is 6.11. The number of ether oxygens (including phenoxy) is 1. The molecule has 0 saturated carbocycles. The molecule has 2 unspecified atom stereocenters. The minimum Gasteiger partial charge on any atom is -0.381 e. The van der Waals surface area contributed by atoms with Gasteiger partial charge < -0.3 is 10.5 Å². The average molecular weight is 292 g/mol. The maximum absolute atomic E-state index is 6.11. The molecule has 0 aromatic carbocycles. The maximum atomic E-state index is 6.11. The first-order valence-corrected chi connectivity index (χ1v) is 8.04. The van der Waals surface area contributed by atoms with Gasteiger partial charge in [-0.25, -0.2) is 0 Å². The molecule has 1 aromatic heterocycles. The van der Waals surface area contributed by atoms with Crippen LogP contribution in [0.4, 0.5) is 0 Å². The van der Waals surface area contributed by atoms with Gasteiger partial charge in [0.1, 0.15) is 0 Å². The summed E-state index contributed by atoms with van der Waals surface area (Å²) in [5, 5.41) is 1.02. The summed E-state index contributed by atoms with van der Waals surface area (Å²) in [6.07, 6.45) is 2.26. The summed E-state index contributed by atoms with van der Waals surface area (Å²) in [4.78, 5) is 1.29. The molecule has 17 heavy (non-hydrogen) atoms. The number of hydrogen-bond donors (Lipinski definition) is 1. The highest BCUT2D eigenvalue weighted by Gasteiger charge is 2.24. The molecule has 1 aromatic rings. The predicted octanol–water partition coefficient (Wildman–Crippen LogP) is 3.70. The lowest BCUT2D eigenvalue weighted by molar-refractivity contribution is 0.0999. The molecule has 1 aliphatic heterocycles. The molecule has 1 saturated heterocycles. The Labute approximate surface area is 116 Å². The summed E-state index contributed by atoms with van der Waals surface area (Å²) < 4.78 is 6.23. The van der Waals surface area contributed by atoms with Gasteiger partial charge >= 0.3 is 0 Å². The maximum Gasteiger partial charge on any atom is 0.0931 e. The van der Waals surface area contributed by atoms with E-state index in [1.807, 2.05) is 17.8 Å². The van der Waals surface area contributed by atoms with Gasteiger partial charge in [0.15, 0.2) is 0 Å². The molecule has 0 aliphatic carbocycles. The molecule has 2 atom stereocenters. The van der Waals surface area contributed by atoms with Gasteiger partial charge in [-0.3, -0.25) is 0 Å². The Hall–Kier alpha value is 0.260. The van der Waals surface area contributed by atoms with Gasteiger partial charge in [-0.2, -0.15) is 0 Å². The van der Waals surface area contributed by atoms with Gasteiger partial charge in [-0.1, -0.05) is 11.6 Å². The summed E-state index contributed by atoms with van der Waals surface area (Å²) in [5.74, 6) is 0. The van der Waals surface area contributed by atoms with Crippen LogP contribution < -0.4 is 5.73 Å². The lowest BCUT2D eigenvalue weighted by atomic mass is 10.2. The Balaban J connectivity index is 2.01. The van der Waals surface area contributed by atoms with E-state index in [1.165, 1.54) is 4.88 Å². The fourth-order valence-corrected chi connectivity index (χ4v) is 4.76. The molecule has 0 amide bonds. The van der Waals surface area contributed by atoms with E-state index in [0.29, 0.717) is 10.5 Å². The van der Waals surface area contributed by atoms with E-state index in [9.17, 15) is 0 Å². The predicted molar refractivity (Wildman–Crippen MR) is 77.2 cm³/mol. The Morgan fingerprint density at radius 1 is 1.47 bits per heavy atom. The molecular formula is C12H18ClNOS2. The van der Waals surface area contributed by atoms with Gasteiger partial charge in [0, 0.05) is 29.4 Å². The molecule has 2 N–H and O–H groups in total. The topological polar surface area (TPSA) is 35.2 Å². The molecule has 5 heteroatoms. The highest BCUT2D eigenvalue weighted by molar-refractivity contribution is 8.00. The zero-order valence-corrected chi connectivity index (χ0v) is 12.3. The van der Waals surface area contributed by atoms with Crippen LogP contribution in [0, 0.1) is 0 Å². The van der Waals surface area contributed by atoms with Crippen molar-refractivity contribution in [2.24, 2.45) is 5.73 Å². The van der Waals surface area contributed by atoms with Crippen molar-refractivity contribution in [2.45, 2.75) is 36.3 Å². The van der Waals surface area contributed by atoms with Crippen molar-refractivity contribution in [1.82, 2.24) is 0 Å². The first-order valence-electron chi connectivity index (χ1n) is 5.91. The molecule has 2 heterocycles. The van der Waals surface area contributed by atoms with Crippen LogP contribution in [0.5, 0.6) is 0 Å². The smallest absolute Gasteiger partial charge is 0.0931 e. The van der Waals surface area contributed by atoms with E-state index in [4.69, 9.17) is 22.1 Å². The van der Waals surface area contributed by atoms with Crippen LogP contribution in [0.2, 0.25) is 4.34 Å². The van der Waals surface area contributed by atoms with E-state index in [2.05, 4.69) is 13.0 Å². The van der Waals surface area contributed by atoms with Crippen LogP contribution in [-0.4, -0.2) is 24.5 Å². The number of thiophene rings is 1. The van der Waals surface area contributed by atoms with Gasteiger partial charge in [-0.15, -0.1) is 23.1 Å². The number of thioether (sulfide) groups is 1. The van der Waals surface area contributed by atoms with Crippen LogP contribution >= 0.6 is 34.7 Å². The standard InChI is InChI=1S/C12H18ClNOS2/c1-8(14)12(10-2-3-11(13)17-10)16-9-4-6-15-7-5-9/h2-3,8-9,12H,4-7,14H2,1H3. The fraction of sp³-hybridized carbons (Fsp3) is 0.667. The molecular weight excluding hydrogens is 274 g/mol. The Bertz CT molecular complexity index is 350. The quantitative estimate of drug-likeness (QED) is 0.919. The molecule has 2 nitrogen and oxygen atoms in total. The summed E-state index contributed by atoms with van der Waals surface area (Å²) in [6, 6.07) is 4.21. The normalized spacial score (nSPS) is 21.4. The second-order valence-corrected chi connectivity index (χ2v) is 7.56. The molecule has 1 aliphatic rings. The number of hydrogen-bond acceptors (Lipinski definition) is 4. The Kier molecular flexibility index (Phi) is 5.18. The van der Waals surface area contributed by atoms with Crippen molar-refractivity contribution in [3.05, 3.63) is 21.3 Å². The van der Waals surface area contributed by atoms with Crippen molar-refractivity contribution in [3.63, 3.8) is 0 Å². The van der Waals surface area contributed by atoms with E-state index in [-0.39, 0.29) is 6.04 Å². The minimum atomic E-state index is 0.151. The van der Waals surface area contributed by atoms with Crippen molar-refractivity contribution in [1.29, 1.82) is 0 Å². The van der Waals surface area contributed by atoms with Crippen LogP contribution in [0.25, 0.3) is 0 Å². The van der Waals surface area contributed by atoms with Crippen molar-refractivity contribution < 1.29 is 4.74 Å². The SMILES string of the molecule is CC(N)C(SC1CCOCC1)c1ccc(Cl)s1. The summed E-state index contributed by atoms with van der Waals surface area (Å²) >= 11 is 9.63. The fourth-order valence-electron chi connectivity index (χ4n) is 1.95. The zero-order chi connectivity index (χ0) is 12.3. The van der Waals surface area contributed by atoms with Crippen LogP contribution in [0.3, 0.4) is 0 Å². The van der Waals surface area contributed by atoms with Gasteiger partial charge in [0.2, 0.25) is 0 Å². The Morgan fingerprint density at radius 3 is 2.71 bits per heavy atom. The van der Waals surface area contributed by atoms with E-state index in [0.717, 1.165) is 30.4 Å². The molecule has 0 radical (unpaired) electrons. The van der Waals surface area contributed by atoms with E-state index < -0.39 is 0 Å². The molecule has 96 valence electrons. The van der Waals surface area contributed by atoms with Gasteiger partial charge in [0.05, 0.1) is 9.59 Å². The molecule has 0 bridgehead atoms. The molecule has 1 fully saturated rings. The number of halogens is 1.